The van der Waals surface area contributed by atoms with E-state index in [9.17, 15) is 4.79 Å². The third-order valence-corrected chi connectivity index (χ3v) is 5.30. The molecule has 0 aliphatic carbocycles. The zero-order valence-electron chi connectivity index (χ0n) is 13.1. The van der Waals surface area contributed by atoms with Gasteiger partial charge in [-0.25, -0.2) is 0 Å². The molecular weight excluding hydrogens is 266 g/mol. The predicted octanol–water partition coefficient (Wildman–Crippen LogP) is 0.887. The van der Waals surface area contributed by atoms with E-state index in [0.717, 1.165) is 32.6 Å². The fourth-order valence-electron chi connectivity index (χ4n) is 4.12. The van der Waals surface area contributed by atoms with Gasteiger partial charge in [-0.1, -0.05) is 6.92 Å². The number of nitrogens with one attached hydrogen (secondary N) is 2. The highest BCUT2D eigenvalue weighted by atomic mass is 16.5. The molecule has 5 nitrogen and oxygen atoms in total. The third-order valence-electron chi connectivity index (χ3n) is 5.30. The first-order valence-electron chi connectivity index (χ1n) is 8.61. The molecule has 2 unspecified atom stereocenters. The zero-order valence-corrected chi connectivity index (χ0v) is 13.1. The maximum Gasteiger partial charge on any atom is 0.234 e. The molecule has 0 saturated carbocycles. The highest BCUT2D eigenvalue weighted by molar-refractivity contribution is 5.78. The Balaban J connectivity index is 1.48. The van der Waals surface area contributed by atoms with Gasteiger partial charge in [-0.15, -0.1) is 0 Å². The van der Waals surface area contributed by atoms with Gasteiger partial charge in [-0.3, -0.25) is 9.69 Å². The Labute approximate surface area is 127 Å². The van der Waals surface area contributed by atoms with E-state index in [4.69, 9.17) is 4.74 Å². The van der Waals surface area contributed by atoms with Crippen molar-refractivity contribution in [3.8, 4) is 0 Å². The number of hydrogen-bond acceptors (Lipinski definition) is 4. The number of nitrogens with zero attached hydrogens (tertiary/aromatic N) is 1. The van der Waals surface area contributed by atoms with Gasteiger partial charge in [0.2, 0.25) is 5.91 Å². The average Bonchev–Trinajstić information content (AvgIpc) is 2.84. The van der Waals surface area contributed by atoms with Gasteiger partial charge in [0.05, 0.1) is 6.54 Å². The van der Waals surface area contributed by atoms with Crippen molar-refractivity contribution < 1.29 is 9.53 Å². The van der Waals surface area contributed by atoms with Crippen molar-refractivity contribution in [2.24, 2.45) is 0 Å². The van der Waals surface area contributed by atoms with Crippen molar-refractivity contribution in [1.82, 2.24) is 15.5 Å². The van der Waals surface area contributed by atoms with Crippen molar-refractivity contribution in [2.75, 3.05) is 26.3 Å². The summed E-state index contributed by atoms with van der Waals surface area (Å²) in [5.74, 6) is 0.189. The normalized spacial score (nSPS) is 33.3. The van der Waals surface area contributed by atoms with E-state index in [1.807, 2.05) is 0 Å². The molecule has 2 N–H and O–H groups in total. The second kappa shape index (κ2) is 7.07. The molecule has 0 aromatic heterocycles. The van der Waals surface area contributed by atoms with Gasteiger partial charge >= 0.3 is 0 Å². The van der Waals surface area contributed by atoms with Crippen LogP contribution in [0.25, 0.3) is 0 Å². The van der Waals surface area contributed by atoms with Crippen LogP contribution in [0.3, 0.4) is 0 Å². The van der Waals surface area contributed by atoms with Crippen LogP contribution in [0.5, 0.6) is 0 Å². The van der Waals surface area contributed by atoms with E-state index in [-0.39, 0.29) is 5.91 Å². The van der Waals surface area contributed by atoms with Crippen LogP contribution >= 0.6 is 0 Å². The smallest absolute Gasteiger partial charge is 0.234 e. The van der Waals surface area contributed by atoms with Gasteiger partial charge in [0.15, 0.2) is 0 Å². The summed E-state index contributed by atoms with van der Waals surface area (Å²) in [5.41, 5.74) is 0. The molecule has 2 bridgehead atoms. The summed E-state index contributed by atoms with van der Waals surface area (Å²) >= 11 is 0. The standard InChI is InChI=1S/C16H29N3O2/c1-2-19(15-9-13-3-4-14(10-15)17-13)11-16(20)18-12-5-7-21-8-6-12/h12-15,17H,2-11H2,1H3,(H,18,20). The topological polar surface area (TPSA) is 53.6 Å². The van der Waals surface area contributed by atoms with Crippen molar-refractivity contribution >= 4 is 5.91 Å². The maximum absolute atomic E-state index is 12.3. The first-order valence-corrected chi connectivity index (χ1v) is 8.61. The summed E-state index contributed by atoms with van der Waals surface area (Å²) in [7, 11) is 0. The Kier molecular flexibility index (Phi) is 5.14. The lowest BCUT2D eigenvalue weighted by Crippen LogP contribution is -2.51. The molecule has 3 rings (SSSR count). The molecule has 0 aromatic rings. The van der Waals surface area contributed by atoms with Gasteiger partial charge in [0.25, 0.3) is 0 Å². The van der Waals surface area contributed by atoms with Crippen molar-refractivity contribution in [3.05, 3.63) is 0 Å². The molecule has 0 radical (unpaired) electrons. The summed E-state index contributed by atoms with van der Waals surface area (Å²) in [6.45, 7) is 5.25. The predicted molar refractivity (Wildman–Crippen MR) is 82.2 cm³/mol. The minimum atomic E-state index is 0.189. The highest BCUT2D eigenvalue weighted by Crippen LogP contribution is 2.29. The lowest BCUT2D eigenvalue weighted by atomic mass is 9.98. The van der Waals surface area contributed by atoms with E-state index in [1.165, 1.54) is 25.7 Å². The van der Waals surface area contributed by atoms with E-state index in [0.29, 0.717) is 30.7 Å². The lowest BCUT2D eigenvalue weighted by molar-refractivity contribution is -0.124. The van der Waals surface area contributed by atoms with Gasteiger partial charge < -0.3 is 15.4 Å². The second-order valence-electron chi connectivity index (χ2n) is 6.78. The molecule has 0 aromatic carbocycles. The Bertz CT molecular complexity index is 345. The second-order valence-corrected chi connectivity index (χ2v) is 6.78. The fraction of sp³-hybridized carbons (Fsp3) is 0.938. The molecule has 1 amide bonds. The number of piperidine rings is 1. The summed E-state index contributed by atoms with van der Waals surface area (Å²) in [5, 5.41) is 6.86. The minimum Gasteiger partial charge on any atom is -0.381 e. The number of ether oxygens (including phenoxy) is 1. The first-order chi connectivity index (χ1) is 10.2. The minimum absolute atomic E-state index is 0.189. The first kappa shape index (κ1) is 15.3. The highest BCUT2D eigenvalue weighted by Gasteiger charge is 2.36. The van der Waals surface area contributed by atoms with Gasteiger partial charge in [0, 0.05) is 37.4 Å². The van der Waals surface area contributed by atoms with Crippen LogP contribution in [0.4, 0.5) is 0 Å². The molecule has 2 atom stereocenters. The lowest BCUT2D eigenvalue weighted by Gasteiger charge is -2.37. The quantitative estimate of drug-likeness (QED) is 0.791. The van der Waals surface area contributed by atoms with Crippen molar-refractivity contribution in [3.63, 3.8) is 0 Å². The monoisotopic (exact) mass is 295 g/mol. The van der Waals surface area contributed by atoms with Crippen LogP contribution in [-0.2, 0) is 9.53 Å². The largest absolute Gasteiger partial charge is 0.381 e. The molecule has 120 valence electrons. The molecule has 21 heavy (non-hydrogen) atoms. The van der Waals surface area contributed by atoms with Gasteiger partial charge in [-0.2, -0.15) is 0 Å². The Morgan fingerprint density at radius 2 is 1.86 bits per heavy atom. The molecular formula is C16H29N3O2. The SMILES string of the molecule is CCN(CC(=O)NC1CCOCC1)C1CC2CCC(C1)N2. The van der Waals surface area contributed by atoms with Crippen molar-refractivity contribution in [1.29, 1.82) is 0 Å². The molecule has 5 heteroatoms. The van der Waals surface area contributed by atoms with Crippen LogP contribution in [0, 0.1) is 0 Å². The number of rotatable bonds is 5. The van der Waals surface area contributed by atoms with E-state index < -0.39 is 0 Å². The molecule has 3 saturated heterocycles. The summed E-state index contributed by atoms with van der Waals surface area (Å²) in [4.78, 5) is 14.7. The Morgan fingerprint density at radius 1 is 1.19 bits per heavy atom. The molecule has 3 heterocycles. The van der Waals surface area contributed by atoms with E-state index in [1.54, 1.807) is 0 Å². The number of carbonyl (C=O) groups is 1. The Morgan fingerprint density at radius 3 is 2.48 bits per heavy atom. The average molecular weight is 295 g/mol. The van der Waals surface area contributed by atoms with Crippen LogP contribution in [0.1, 0.15) is 45.4 Å². The fourth-order valence-corrected chi connectivity index (χ4v) is 4.12. The zero-order chi connectivity index (χ0) is 14.7. The number of likely N-dealkylation sites (N-methyl/N-ethyl adjacent to an activating group) is 1. The van der Waals surface area contributed by atoms with Crippen LogP contribution in [-0.4, -0.2) is 61.3 Å². The summed E-state index contributed by atoms with van der Waals surface area (Å²) in [6, 6.07) is 2.26. The number of hydrogen-bond donors (Lipinski definition) is 2. The number of carbonyl (C=O) groups excluding carboxylic acids is 1. The number of fused-ring (bicyclic) bond motifs is 2. The van der Waals surface area contributed by atoms with Gasteiger partial charge in [-0.05, 0) is 45.1 Å². The summed E-state index contributed by atoms with van der Waals surface area (Å²) < 4.78 is 5.34. The van der Waals surface area contributed by atoms with Crippen molar-refractivity contribution in [2.45, 2.75) is 69.6 Å². The maximum atomic E-state index is 12.3. The van der Waals surface area contributed by atoms with E-state index >= 15 is 0 Å². The molecule has 3 aliphatic heterocycles. The van der Waals surface area contributed by atoms with E-state index in [2.05, 4.69) is 22.5 Å². The third kappa shape index (κ3) is 3.96. The van der Waals surface area contributed by atoms with Crippen LogP contribution in [0.2, 0.25) is 0 Å². The van der Waals surface area contributed by atoms with Crippen LogP contribution in [0.15, 0.2) is 0 Å². The Hall–Kier alpha value is -0.650. The van der Waals surface area contributed by atoms with Gasteiger partial charge in [0.1, 0.15) is 0 Å². The molecule has 3 fully saturated rings. The molecule has 0 spiro atoms. The summed E-state index contributed by atoms with van der Waals surface area (Å²) in [6.07, 6.45) is 6.94. The molecule has 3 aliphatic rings. The number of amides is 1. The van der Waals surface area contributed by atoms with Crippen LogP contribution < -0.4 is 10.6 Å².